The van der Waals surface area contributed by atoms with Crippen molar-refractivity contribution < 1.29 is 9.15 Å². The van der Waals surface area contributed by atoms with Crippen LogP contribution >= 0.6 is 0 Å². The van der Waals surface area contributed by atoms with Gasteiger partial charge in [-0.05, 0) is 43.9 Å². The fourth-order valence-corrected chi connectivity index (χ4v) is 2.83. The molecule has 1 aromatic heterocycles. The Balaban J connectivity index is 1.79. The summed E-state index contributed by atoms with van der Waals surface area (Å²) in [5, 5.41) is 12.6. The van der Waals surface area contributed by atoms with Gasteiger partial charge in [-0.25, -0.2) is 0 Å². The molecule has 1 atom stereocenters. The van der Waals surface area contributed by atoms with Crippen molar-refractivity contribution in [2.45, 2.75) is 6.04 Å². The third kappa shape index (κ3) is 4.27. The molecule has 6 heteroatoms. The standard InChI is InChI=1S/C21H22N4O2/c1-25(2)19(15-9-11-17(26-3)12-10-15)14-23-21-18(13-22)24-20(27-21)16-7-5-4-6-8-16/h4-12,19,23H,14H2,1-3H3/t19-/m0/s1. The summed E-state index contributed by atoms with van der Waals surface area (Å²) in [5.74, 6) is 1.64. The molecule has 0 saturated heterocycles. The molecular formula is C21H22N4O2. The summed E-state index contributed by atoms with van der Waals surface area (Å²) in [5.41, 5.74) is 2.22. The number of methoxy groups -OCH3 is 1. The maximum atomic E-state index is 9.39. The van der Waals surface area contributed by atoms with Gasteiger partial charge in [-0.1, -0.05) is 30.3 Å². The molecule has 0 spiro atoms. The summed E-state index contributed by atoms with van der Waals surface area (Å²) >= 11 is 0. The molecule has 0 fully saturated rings. The molecule has 0 aliphatic rings. The van der Waals surface area contributed by atoms with E-state index in [9.17, 15) is 5.26 Å². The van der Waals surface area contributed by atoms with Gasteiger partial charge >= 0.3 is 0 Å². The number of nitrogens with zero attached hydrogens (tertiary/aromatic N) is 3. The highest BCUT2D eigenvalue weighted by Crippen LogP contribution is 2.27. The van der Waals surface area contributed by atoms with Crippen LogP contribution in [0.25, 0.3) is 11.5 Å². The number of oxazole rings is 1. The zero-order valence-corrected chi connectivity index (χ0v) is 15.6. The van der Waals surface area contributed by atoms with E-state index in [2.05, 4.69) is 21.3 Å². The summed E-state index contributed by atoms with van der Waals surface area (Å²) in [6.45, 7) is 0.567. The van der Waals surface area contributed by atoms with Gasteiger partial charge in [0.05, 0.1) is 13.2 Å². The molecule has 0 bridgehead atoms. The Morgan fingerprint density at radius 3 is 2.44 bits per heavy atom. The van der Waals surface area contributed by atoms with E-state index >= 15 is 0 Å². The van der Waals surface area contributed by atoms with Gasteiger partial charge in [0.25, 0.3) is 0 Å². The average Bonchev–Trinajstić information content (AvgIpc) is 3.12. The van der Waals surface area contributed by atoms with Gasteiger partial charge in [0.15, 0.2) is 0 Å². The fraction of sp³-hybridized carbons (Fsp3) is 0.238. The Kier molecular flexibility index (Phi) is 5.74. The predicted molar refractivity (Wildman–Crippen MR) is 105 cm³/mol. The second-order valence-electron chi connectivity index (χ2n) is 6.31. The third-order valence-corrected chi connectivity index (χ3v) is 4.33. The van der Waals surface area contributed by atoms with Crippen molar-refractivity contribution in [3.63, 3.8) is 0 Å². The van der Waals surface area contributed by atoms with Crippen molar-refractivity contribution in [1.29, 1.82) is 5.26 Å². The molecule has 0 unspecified atom stereocenters. The van der Waals surface area contributed by atoms with Crippen LogP contribution in [0.2, 0.25) is 0 Å². The van der Waals surface area contributed by atoms with Crippen molar-refractivity contribution >= 4 is 5.88 Å². The summed E-state index contributed by atoms with van der Waals surface area (Å²) in [7, 11) is 5.67. The van der Waals surface area contributed by atoms with Gasteiger partial charge in [-0.15, -0.1) is 0 Å². The van der Waals surface area contributed by atoms with Crippen LogP contribution in [0.1, 0.15) is 17.3 Å². The van der Waals surface area contributed by atoms with E-state index in [1.807, 2.05) is 68.7 Å². The van der Waals surface area contributed by atoms with E-state index in [4.69, 9.17) is 9.15 Å². The van der Waals surface area contributed by atoms with Crippen LogP contribution in [0, 0.1) is 11.3 Å². The highest BCUT2D eigenvalue weighted by molar-refractivity contribution is 5.58. The normalized spacial score (nSPS) is 11.8. The highest BCUT2D eigenvalue weighted by Gasteiger charge is 2.18. The van der Waals surface area contributed by atoms with E-state index in [1.54, 1.807) is 7.11 Å². The maximum Gasteiger partial charge on any atom is 0.232 e. The quantitative estimate of drug-likeness (QED) is 0.686. The average molecular weight is 362 g/mol. The van der Waals surface area contributed by atoms with Gasteiger partial charge in [-0.2, -0.15) is 10.2 Å². The van der Waals surface area contributed by atoms with Crippen LogP contribution in [0.4, 0.5) is 5.88 Å². The van der Waals surface area contributed by atoms with Gasteiger partial charge in [-0.3, -0.25) is 0 Å². The highest BCUT2D eigenvalue weighted by atomic mass is 16.5. The molecule has 6 nitrogen and oxygen atoms in total. The lowest BCUT2D eigenvalue weighted by molar-refractivity contribution is 0.310. The third-order valence-electron chi connectivity index (χ3n) is 4.33. The topological polar surface area (TPSA) is 74.3 Å². The van der Waals surface area contributed by atoms with E-state index in [0.29, 0.717) is 18.3 Å². The Morgan fingerprint density at radius 2 is 1.85 bits per heavy atom. The van der Waals surface area contributed by atoms with Crippen molar-refractivity contribution in [2.75, 3.05) is 33.1 Å². The number of rotatable bonds is 7. The number of nitriles is 1. The fourth-order valence-electron chi connectivity index (χ4n) is 2.83. The van der Waals surface area contributed by atoms with Gasteiger partial charge < -0.3 is 19.4 Å². The molecular weight excluding hydrogens is 340 g/mol. The van der Waals surface area contributed by atoms with E-state index in [0.717, 1.165) is 16.9 Å². The van der Waals surface area contributed by atoms with E-state index < -0.39 is 0 Å². The van der Waals surface area contributed by atoms with Crippen molar-refractivity contribution in [1.82, 2.24) is 9.88 Å². The lowest BCUT2D eigenvalue weighted by Gasteiger charge is -2.25. The zero-order chi connectivity index (χ0) is 19.2. The molecule has 3 rings (SSSR count). The van der Waals surface area contributed by atoms with Crippen molar-refractivity contribution in [3.8, 4) is 23.3 Å². The van der Waals surface area contributed by atoms with Crippen LogP contribution < -0.4 is 10.1 Å². The number of likely N-dealkylation sites (N-methyl/N-ethyl adjacent to an activating group) is 1. The molecule has 1 heterocycles. The smallest absolute Gasteiger partial charge is 0.232 e. The van der Waals surface area contributed by atoms with E-state index in [1.165, 1.54) is 0 Å². The van der Waals surface area contributed by atoms with E-state index in [-0.39, 0.29) is 11.7 Å². The Bertz CT molecular complexity index is 912. The number of aromatic nitrogens is 1. The number of hydrogen-bond donors (Lipinski definition) is 1. The number of ether oxygens (including phenoxy) is 1. The SMILES string of the molecule is COc1ccc([C@H](CNc2oc(-c3ccccc3)nc2C#N)N(C)C)cc1. The minimum atomic E-state index is 0.0905. The minimum absolute atomic E-state index is 0.0905. The lowest BCUT2D eigenvalue weighted by Crippen LogP contribution is -2.26. The summed E-state index contributed by atoms with van der Waals surface area (Å²) in [6.07, 6.45) is 0. The molecule has 0 aliphatic carbocycles. The molecule has 0 radical (unpaired) electrons. The summed E-state index contributed by atoms with van der Waals surface area (Å²) in [4.78, 5) is 6.40. The molecule has 27 heavy (non-hydrogen) atoms. The van der Waals surface area contributed by atoms with Crippen LogP contribution in [0.5, 0.6) is 5.75 Å². The minimum Gasteiger partial charge on any atom is -0.497 e. The first-order valence-corrected chi connectivity index (χ1v) is 8.63. The molecule has 2 aromatic carbocycles. The van der Waals surface area contributed by atoms with Crippen LogP contribution in [0.3, 0.4) is 0 Å². The largest absolute Gasteiger partial charge is 0.497 e. The molecule has 1 N–H and O–H groups in total. The number of benzene rings is 2. The first-order valence-electron chi connectivity index (χ1n) is 8.63. The van der Waals surface area contributed by atoms with Gasteiger partial charge in [0.2, 0.25) is 17.5 Å². The molecule has 0 aliphatic heterocycles. The molecule has 138 valence electrons. The van der Waals surface area contributed by atoms with Crippen LogP contribution in [-0.2, 0) is 0 Å². The maximum absolute atomic E-state index is 9.39. The molecule has 0 saturated carbocycles. The number of anilines is 1. The van der Waals surface area contributed by atoms with Crippen LogP contribution in [0.15, 0.2) is 59.0 Å². The molecule has 3 aromatic rings. The Labute approximate surface area is 159 Å². The lowest BCUT2D eigenvalue weighted by atomic mass is 10.1. The van der Waals surface area contributed by atoms with Crippen molar-refractivity contribution in [2.24, 2.45) is 0 Å². The number of hydrogen-bond acceptors (Lipinski definition) is 6. The zero-order valence-electron chi connectivity index (χ0n) is 15.6. The molecule has 0 amide bonds. The second kappa shape index (κ2) is 8.39. The number of nitrogens with one attached hydrogen (secondary N) is 1. The first-order chi connectivity index (χ1) is 13.1. The van der Waals surface area contributed by atoms with Gasteiger partial charge in [0, 0.05) is 12.1 Å². The summed E-state index contributed by atoms with van der Waals surface area (Å²) < 4.78 is 11.0. The second-order valence-corrected chi connectivity index (χ2v) is 6.31. The van der Waals surface area contributed by atoms with Crippen LogP contribution in [-0.4, -0.2) is 37.6 Å². The monoisotopic (exact) mass is 362 g/mol. The Morgan fingerprint density at radius 1 is 1.15 bits per heavy atom. The predicted octanol–water partition coefficient (Wildman–Crippen LogP) is 3.94. The summed E-state index contributed by atoms with van der Waals surface area (Å²) in [6, 6.07) is 19.7. The van der Waals surface area contributed by atoms with Crippen molar-refractivity contribution in [3.05, 3.63) is 65.9 Å². The van der Waals surface area contributed by atoms with Gasteiger partial charge in [0.1, 0.15) is 11.8 Å². The Hall–Kier alpha value is -3.30. The first kappa shape index (κ1) is 18.5.